The van der Waals surface area contributed by atoms with Gasteiger partial charge in [-0.15, -0.1) is 0 Å². The molecule has 88 valence electrons. The van der Waals surface area contributed by atoms with E-state index in [0.717, 1.165) is 5.56 Å². The number of benzene rings is 1. The molecule has 1 unspecified atom stereocenters. The average molecular weight is 229 g/mol. The lowest BCUT2D eigenvalue weighted by Crippen LogP contribution is -2.21. The van der Waals surface area contributed by atoms with Gasteiger partial charge in [0, 0.05) is 0 Å². The number of rotatable bonds is 3. The first kappa shape index (κ1) is 12.8. The average Bonchev–Trinajstić information content (AvgIpc) is 2.20. The van der Waals surface area contributed by atoms with E-state index < -0.39 is 17.9 Å². The van der Waals surface area contributed by atoms with Gasteiger partial charge in [0.25, 0.3) is 0 Å². The molecule has 1 aromatic rings. The number of hydrogen-bond acceptors (Lipinski definition) is 1. The second-order valence-electron chi connectivity index (χ2n) is 3.89. The molecule has 0 radical (unpaired) electrons. The van der Waals surface area contributed by atoms with Crippen molar-refractivity contribution < 1.29 is 13.2 Å². The topological polar surface area (TPSA) is 3.24 Å². The van der Waals surface area contributed by atoms with E-state index in [-0.39, 0.29) is 0 Å². The number of aryl methyl sites for hydroxylation is 1. The molecule has 0 aliphatic heterocycles. The van der Waals surface area contributed by atoms with Gasteiger partial charge in [0.15, 0.2) is 5.83 Å². The van der Waals surface area contributed by atoms with E-state index in [1.165, 1.54) is 4.90 Å². The van der Waals surface area contributed by atoms with Gasteiger partial charge in [-0.1, -0.05) is 29.8 Å². The molecule has 0 amide bonds. The molecule has 0 bridgehead atoms. The first-order valence-corrected chi connectivity index (χ1v) is 4.87. The van der Waals surface area contributed by atoms with Gasteiger partial charge in [-0.2, -0.15) is 8.78 Å². The third-order valence-corrected chi connectivity index (χ3v) is 2.33. The molecule has 0 aromatic heterocycles. The van der Waals surface area contributed by atoms with Gasteiger partial charge in [-0.05, 0) is 26.6 Å². The summed E-state index contributed by atoms with van der Waals surface area (Å²) in [7, 11) is 3.13. The number of hydrogen-bond donors (Lipinski definition) is 0. The molecule has 0 heterocycles. The van der Waals surface area contributed by atoms with Crippen LogP contribution in [-0.4, -0.2) is 19.0 Å². The SMILES string of the molecule is Cc1ccc(C(C(F)=C(F)F)N(C)C)cc1. The fourth-order valence-corrected chi connectivity index (χ4v) is 1.52. The van der Waals surface area contributed by atoms with E-state index in [2.05, 4.69) is 0 Å². The molecule has 0 spiro atoms. The smallest absolute Gasteiger partial charge is 0.296 e. The lowest BCUT2D eigenvalue weighted by atomic mass is 10.0. The minimum Gasteiger partial charge on any atom is -0.296 e. The van der Waals surface area contributed by atoms with Crippen LogP contribution in [0, 0.1) is 6.92 Å². The van der Waals surface area contributed by atoms with E-state index in [0.29, 0.717) is 5.56 Å². The third-order valence-electron chi connectivity index (χ3n) is 2.33. The quantitative estimate of drug-likeness (QED) is 0.764. The molecule has 1 nitrogen and oxygen atoms in total. The maximum atomic E-state index is 13.3. The molecular formula is C12H14F3N. The van der Waals surface area contributed by atoms with Gasteiger partial charge in [-0.25, -0.2) is 4.39 Å². The van der Waals surface area contributed by atoms with E-state index in [1.807, 2.05) is 6.92 Å². The normalized spacial score (nSPS) is 12.7. The van der Waals surface area contributed by atoms with Crippen LogP contribution in [0.1, 0.15) is 17.2 Å². The lowest BCUT2D eigenvalue weighted by molar-refractivity contribution is 0.264. The summed E-state index contributed by atoms with van der Waals surface area (Å²) in [4.78, 5) is 1.42. The van der Waals surface area contributed by atoms with Crippen LogP contribution in [0.5, 0.6) is 0 Å². The minimum atomic E-state index is -2.26. The highest BCUT2D eigenvalue weighted by Crippen LogP contribution is 2.30. The molecule has 0 aliphatic carbocycles. The summed E-state index contributed by atoms with van der Waals surface area (Å²) >= 11 is 0. The van der Waals surface area contributed by atoms with Crippen LogP contribution in [0.2, 0.25) is 0 Å². The molecule has 0 fully saturated rings. The van der Waals surface area contributed by atoms with Crippen LogP contribution >= 0.6 is 0 Å². The van der Waals surface area contributed by atoms with Crippen molar-refractivity contribution in [2.75, 3.05) is 14.1 Å². The summed E-state index contributed by atoms with van der Waals surface area (Å²) in [6.07, 6.45) is -2.26. The Morgan fingerprint density at radius 1 is 1.06 bits per heavy atom. The molecule has 0 N–H and O–H groups in total. The molecule has 0 saturated carbocycles. The Bertz CT molecular complexity index is 378. The Labute approximate surface area is 93.2 Å². The first-order valence-electron chi connectivity index (χ1n) is 4.87. The number of likely N-dealkylation sites (N-methyl/N-ethyl adjacent to an activating group) is 1. The van der Waals surface area contributed by atoms with E-state index >= 15 is 0 Å². The monoisotopic (exact) mass is 229 g/mol. The summed E-state index contributed by atoms with van der Waals surface area (Å²) in [5.41, 5.74) is 1.52. The Hall–Kier alpha value is -1.29. The summed E-state index contributed by atoms with van der Waals surface area (Å²) in [6, 6.07) is 5.83. The van der Waals surface area contributed by atoms with Crippen LogP contribution < -0.4 is 0 Å². The highest BCUT2D eigenvalue weighted by atomic mass is 19.3. The standard InChI is InChI=1S/C12H14F3N/c1-8-4-6-9(7-5-8)11(16(2)3)10(13)12(14)15/h4-7,11H,1-3H3. The van der Waals surface area contributed by atoms with Gasteiger partial charge in [0.1, 0.15) is 0 Å². The molecule has 1 rings (SSSR count). The zero-order valence-electron chi connectivity index (χ0n) is 9.47. The Morgan fingerprint density at radius 3 is 1.94 bits per heavy atom. The molecule has 4 heteroatoms. The predicted octanol–water partition coefficient (Wildman–Crippen LogP) is 3.68. The van der Waals surface area contributed by atoms with Crippen molar-refractivity contribution in [2.45, 2.75) is 13.0 Å². The molecule has 1 aromatic carbocycles. The van der Waals surface area contributed by atoms with E-state index in [1.54, 1.807) is 38.4 Å². The van der Waals surface area contributed by atoms with Crippen LogP contribution in [0.4, 0.5) is 13.2 Å². The van der Waals surface area contributed by atoms with Crippen molar-refractivity contribution in [3.8, 4) is 0 Å². The Balaban J connectivity index is 3.13. The lowest BCUT2D eigenvalue weighted by Gasteiger charge is -2.22. The van der Waals surface area contributed by atoms with Crippen molar-refractivity contribution in [2.24, 2.45) is 0 Å². The fraction of sp³-hybridized carbons (Fsp3) is 0.333. The maximum absolute atomic E-state index is 13.3. The van der Waals surface area contributed by atoms with Crippen LogP contribution in [0.15, 0.2) is 36.2 Å². The van der Waals surface area contributed by atoms with E-state index in [9.17, 15) is 13.2 Å². The zero-order valence-corrected chi connectivity index (χ0v) is 9.47. The number of nitrogens with zero attached hydrogens (tertiary/aromatic N) is 1. The molecule has 0 aliphatic rings. The highest BCUT2D eigenvalue weighted by molar-refractivity contribution is 5.28. The summed E-state index contributed by atoms with van der Waals surface area (Å²) in [5, 5.41) is 0. The molecule has 1 atom stereocenters. The Morgan fingerprint density at radius 2 is 1.56 bits per heavy atom. The highest BCUT2D eigenvalue weighted by Gasteiger charge is 2.23. The Kier molecular flexibility index (Phi) is 4.12. The molecule has 0 saturated heterocycles. The zero-order chi connectivity index (χ0) is 12.3. The number of halogens is 3. The second kappa shape index (κ2) is 5.16. The summed E-state index contributed by atoms with van der Waals surface area (Å²) < 4.78 is 37.9. The fourth-order valence-electron chi connectivity index (χ4n) is 1.52. The van der Waals surface area contributed by atoms with Crippen molar-refractivity contribution in [3.63, 3.8) is 0 Å². The van der Waals surface area contributed by atoms with Gasteiger partial charge in [0.2, 0.25) is 0 Å². The van der Waals surface area contributed by atoms with Gasteiger partial charge in [-0.3, -0.25) is 4.90 Å². The van der Waals surface area contributed by atoms with Crippen LogP contribution in [0.25, 0.3) is 0 Å². The summed E-state index contributed by atoms with van der Waals surface area (Å²) in [5.74, 6) is -1.39. The van der Waals surface area contributed by atoms with Crippen LogP contribution in [-0.2, 0) is 0 Å². The van der Waals surface area contributed by atoms with Crippen molar-refractivity contribution >= 4 is 0 Å². The molecule has 16 heavy (non-hydrogen) atoms. The molecular weight excluding hydrogens is 215 g/mol. The van der Waals surface area contributed by atoms with Crippen molar-refractivity contribution in [1.29, 1.82) is 0 Å². The van der Waals surface area contributed by atoms with Crippen LogP contribution in [0.3, 0.4) is 0 Å². The second-order valence-corrected chi connectivity index (χ2v) is 3.89. The van der Waals surface area contributed by atoms with Crippen molar-refractivity contribution in [3.05, 3.63) is 47.3 Å². The summed E-state index contributed by atoms with van der Waals surface area (Å²) in [6.45, 7) is 1.89. The van der Waals surface area contributed by atoms with Gasteiger partial charge >= 0.3 is 6.08 Å². The largest absolute Gasteiger partial charge is 0.303 e. The van der Waals surface area contributed by atoms with Crippen molar-refractivity contribution in [1.82, 2.24) is 4.90 Å². The third kappa shape index (κ3) is 2.85. The van der Waals surface area contributed by atoms with Gasteiger partial charge in [0.05, 0.1) is 6.04 Å². The maximum Gasteiger partial charge on any atom is 0.303 e. The first-order chi connectivity index (χ1) is 7.43. The van der Waals surface area contributed by atoms with E-state index in [4.69, 9.17) is 0 Å². The van der Waals surface area contributed by atoms with Gasteiger partial charge < -0.3 is 0 Å². The minimum absolute atomic E-state index is 0.515. The predicted molar refractivity (Wildman–Crippen MR) is 58.0 cm³/mol.